The molecule has 0 radical (unpaired) electrons. The second-order valence-corrected chi connectivity index (χ2v) is 5.81. The molecule has 3 rings (SSSR count). The molecule has 4 nitrogen and oxygen atoms in total. The highest BCUT2D eigenvalue weighted by atomic mass is 16.1. The van der Waals surface area contributed by atoms with Crippen molar-refractivity contribution in [2.45, 2.75) is 26.3 Å². The van der Waals surface area contributed by atoms with Crippen LogP contribution in [0.1, 0.15) is 28.2 Å². The van der Waals surface area contributed by atoms with Crippen molar-refractivity contribution in [1.82, 2.24) is 14.1 Å². The van der Waals surface area contributed by atoms with Gasteiger partial charge in [-0.2, -0.15) is 0 Å². The predicted octanol–water partition coefficient (Wildman–Crippen LogP) is 3.68. The van der Waals surface area contributed by atoms with Crippen molar-refractivity contribution in [3.05, 3.63) is 66.4 Å². The van der Waals surface area contributed by atoms with E-state index in [0.717, 1.165) is 34.4 Å². The van der Waals surface area contributed by atoms with E-state index in [4.69, 9.17) is 0 Å². The van der Waals surface area contributed by atoms with Crippen LogP contribution in [0.3, 0.4) is 0 Å². The van der Waals surface area contributed by atoms with Gasteiger partial charge in [0, 0.05) is 48.4 Å². The Kier molecular flexibility index (Phi) is 4.15. The van der Waals surface area contributed by atoms with Crippen LogP contribution in [0.15, 0.2) is 49.4 Å². The zero-order valence-corrected chi connectivity index (χ0v) is 13.6. The molecule has 0 spiro atoms. The number of allylic oxidation sites excluding steroid dienone is 1. The first-order valence-electron chi connectivity index (χ1n) is 7.80. The summed E-state index contributed by atoms with van der Waals surface area (Å²) < 4.78 is 4.06. The molecule has 118 valence electrons. The number of nitrogens with zero attached hydrogens (tertiary/aromatic N) is 3. The molecule has 0 atom stereocenters. The Labute approximate surface area is 136 Å². The number of Topliss-reactive ketones (excluding diaryl/α,β-unsaturated/α-hetero) is 1. The second-order valence-electron chi connectivity index (χ2n) is 5.81. The molecule has 2 aromatic heterocycles. The number of benzene rings is 1. The van der Waals surface area contributed by atoms with Crippen molar-refractivity contribution in [2.75, 3.05) is 0 Å². The average Bonchev–Trinajstić information content (AvgIpc) is 3.07. The summed E-state index contributed by atoms with van der Waals surface area (Å²) >= 11 is 0. The molecule has 0 saturated heterocycles. The molecule has 0 bridgehead atoms. The molecule has 0 aliphatic rings. The lowest BCUT2D eigenvalue weighted by molar-refractivity contribution is 0.0983. The Balaban J connectivity index is 1.82. The van der Waals surface area contributed by atoms with Gasteiger partial charge in [0.15, 0.2) is 5.78 Å². The third-order valence-corrected chi connectivity index (χ3v) is 4.27. The highest BCUT2D eigenvalue weighted by molar-refractivity contribution is 6.08. The van der Waals surface area contributed by atoms with Crippen LogP contribution in [-0.4, -0.2) is 19.9 Å². The van der Waals surface area contributed by atoms with Gasteiger partial charge >= 0.3 is 0 Å². The Bertz CT molecular complexity index is 870. The van der Waals surface area contributed by atoms with E-state index in [1.165, 1.54) is 0 Å². The zero-order chi connectivity index (χ0) is 16.4. The van der Waals surface area contributed by atoms with E-state index in [0.29, 0.717) is 12.8 Å². The predicted molar refractivity (Wildman–Crippen MR) is 92.7 cm³/mol. The van der Waals surface area contributed by atoms with Gasteiger partial charge in [-0.1, -0.05) is 24.3 Å². The molecule has 2 heterocycles. The third kappa shape index (κ3) is 2.84. The number of carbonyl (C=O) groups excluding carboxylic acids is 1. The smallest absolute Gasteiger partial charge is 0.165 e. The molecule has 0 aliphatic carbocycles. The quantitative estimate of drug-likeness (QED) is 0.515. The lowest BCUT2D eigenvalue weighted by atomic mass is 10.0. The SMILES string of the molecule is C=CCn1cnc(C)c1CCC(=O)c1cn(C)c2ccccc12. The fourth-order valence-corrected chi connectivity index (χ4v) is 3.06. The Morgan fingerprint density at radius 2 is 2.13 bits per heavy atom. The fraction of sp³-hybridized carbons (Fsp3) is 0.263. The highest BCUT2D eigenvalue weighted by Crippen LogP contribution is 2.22. The number of hydrogen-bond donors (Lipinski definition) is 0. The first-order valence-corrected chi connectivity index (χ1v) is 7.80. The summed E-state index contributed by atoms with van der Waals surface area (Å²) in [5.74, 6) is 0.174. The van der Waals surface area contributed by atoms with E-state index in [1.807, 2.05) is 61.4 Å². The first-order chi connectivity index (χ1) is 11.1. The first kappa shape index (κ1) is 15.3. The number of imidazole rings is 1. The summed E-state index contributed by atoms with van der Waals surface area (Å²) in [6.07, 6.45) is 6.77. The minimum Gasteiger partial charge on any atom is -0.350 e. The maximum Gasteiger partial charge on any atom is 0.165 e. The van der Waals surface area contributed by atoms with Crippen LogP contribution in [0.2, 0.25) is 0 Å². The van der Waals surface area contributed by atoms with Crippen LogP contribution in [0.25, 0.3) is 10.9 Å². The Morgan fingerprint density at radius 3 is 2.91 bits per heavy atom. The van der Waals surface area contributed by atoms with E-state index >= 15 is 0 Å². The maximum atomic E-state index is 12.7. The fourth-order valence-electron chi connectivity index (χ4n) is 3.06. The number of hydrogen-bond acceptors (Lipinski definition) is 2. The van der Waals surface area contributed by atoms with Crippen LogP contribution in [0.4, 0.5) is 0 Å². The Hall–Kier alpha value is -2.62. The van der Waals surface area contributed by atoms with Crippen molar-refractivity contribution in [3.63, 3.8) is 0 Å². The van der Waals surface area contributed by atoms with Gasteiger partial charge < -0.3 is 9.13 Å². The van der Waals surface area contributed by atoms with Gasteiger partial charge in [0.2, 0.25) is 0 Å². The number of aromatic nitrogens is 3. The van der Waals surface area contributed by atoms with Crippen molar-refractivity contribution in [3.8, 4) is 0 Å². The van der Waals surface area contributed by atoms with E-state index < -0.39 is 0 Å². The monoisotopic (exact) mass is 307 g/mol. The van der Waals surface area contributed by atoms with Crippen LogP contribution in [-0.2, 0) is 20.0 Å². The number of ketones is 1. The van der Waals surface area contributed by atoms with Crippen LogP contribution < -0.4 is 0 Å². The van der Waals surface area contributed by atoms with Gasteiger partial charge in [0.25, 0.3) is 0 Å². The molecule has 0 amide bonds. The van der Waals surface area contributed by atoms with Crippen LogP contribution >= 0.6 is 0 Å². The van der Waals surface area contributed by atoms with Crippen molar-refractivity contribution < 1.29 is 4.79 Å². The van der Waals surface area contributed by atoms with Crippen LogP contribution in [0, 0.1) is 6.92 Å². The molecule has 0 unspecified atom stereocenters. The zero-order valence-electron chi connectivity index (χ0n) is 13.6. The Morgan fingerprint density at radius 1 is 1.35 bits per heavy atom. The maximum absolute atomic E-state index is 12.7. The number of para-hydroxylation sites is 1. The molecule has 0 fully saturated rings. The van der Waals surface area contributed by atoms with Gasteiger partial charge in [-0.05, 0) is 19.4 Å². The summed E-state index contributed by atoms with van der Waals surface area (Å²) in [4.78, 5) is 17.0. The summed E-state index contributed by atoms with van der Waals surface area (Å²) in [6.45, 7) is 6.47. The molecule has 0 N–H and O–H groups in total. The standard InChI is InChI=1S/C19H21N3O/c1-4-11-22-13-20-14(2)17(22)9-10-19(23)16-12-21(3)18-8-6-5-7-15(16)18/h4-8,12-13H,1,9-11H2,2-3H3. The molecule has 23 heavy (non-hydrogen) atoms. The minimum atomic E-state index is 0.174. The molecular formula is C19H21N3O. The third-order valence-electron chi connectivity index (χ3n) is 4.27. The second kappa shape index (κ2) is 6.24. The van der Waals surface area contributed by atoms with Gasteiger partial charge in [-0.3, -0.25) is 4.79 Å². The van der Waals surface area contributed by atoms with Crippen molar-refractivity contribution in [1.29, 1.82) is 0 Å². The normalized spacial score (nSPS) is 11.0. The lowest BCUT2D eigenvalue weighted by Crippen LogP contribution is -2.06. The van der Waals surface area contributed by atoms with E-state index in [2.05, 4.69) is 16.1 Å². The number of carbonyl (C=O) groups is 1. The highest BCUT2D eigenvalue weighted by Gasteiger charge is 2.15. The van der Waals surface area contributed by atoms with Gasteiger partial charge in [-0.25, -0.2) is 4.98 Å². The van der Waals surface area contributed by atoms with Crippen molar-refractivity contribution in [2.24, 2.45) is 7.05 Å². The van der Waals surface area contributed by atoms with E-state index in [9.17, 15) is 4.79 Å². The van der Waals surface area contributed by atoms with E-state index in [-0.39, 0.29) is 5.78 Å². The molecule has 4 heteroatoms. The summed E-state index contributed by atoms with van der Waals surface area (Å²) in [5, 5.41) is 1.02. The van der Waals surface area contributed by atoms with E-state index in [1.54, 1.807) is 0 Å². The van der Waals surface area contributed by atoms with Gasteiger partial charge in [0.1, 0.15) is 0 Å². The molecule has 3 aromatic rings. The number of fused-ring (bicyclic) bond motifs is 1. The molecule has 0 aliphatic heterocycles. The minimum absolute atomic E-state index is 0.174. The largest absolute Gasteiger partial charge is 0.350 e. The summed E-state index contributed by atoms with van der Waals surface area (Å²) in [6, 6.07) is 8.02. The van der Waals surface area contributed by atoms with Crippen molar-refractivity contribution >= 4 is 16.7 Å². The molecule has 0 saturated carbocycles. The summed E-state index contributed by atoms with van der Waals surface area (Å²) in [5.41, 5.74) is 3.98. The van der Waals surface area contributed by atoms with Crippen LogP contribution in [0.5, 0.6) is 0 Å². The van der Waals surface area contributed by atoms with Gasteiger partial charge in [0.05, 0.1) is 12.0 Å². The topological polar surface area (TPSA) is 39.8 Å². The molecule has 1 aromatic carbocycles. The molecular weight excluding hydrogens is 286 g/mol. The number of rotatable bonds is 6. The average molecular weight is 307 g/mol. The number of aryl methyl sites for hydroxylation is 2. The lowest BCUT2D eigenvalue weighted by Gasteiger charge is -2.06. The van der Waals surface area contributed by atoms with Gasteiger partial charge in [-0.15, -0.1) is 6.58 Å². The summed E-state index contributed by atoms with van der Waals surface area (Å²) in [7, 11) is 1.97.